The predicted molar refractivity (Wildman–Crippen MR) is 102 cm³/mol. The lowest BCUT2D eigenvalue weighted by atomic mass is 10.0. The Morgan fingerprint density at radius 1 is 1.42 bits per heavy atom. The fourth-order valence-corrected chi connectivity index (χ4v) is 4.32. The number of nitrogens with zero attached hydrogens (tertiary/aromatic N) is 4. The molecule has 0 spiro atoms. The normalized spacial score (nSPS) is 18.2. The zero-order valence-electron chi connectivity index (χ0n) is 13.2. The van der Waals surface area contributed by atoms with Crippen molar-refractivity contribution < 1.29 is 4.39 Å². The van der Waals surface area contributed by atoms with E-state index in [4.69, 9.17) is 16.6 Å². The van der Waals surface area contributed by atoms with Gasteiger partial charge in [0.1, 0.15) is 15.9 Å². The second-order valence-electron chi connectivity index (χ2n) is 5.49. The topological polar surface area (TPSA) is 41.9 Å². The molecule has 24 heavy (non-hydrogen) atoms. The van der Waals surface area contributed by atoms with E-state index in [1.165, 1.54) is 11.8 Å². The zero-order valence-corrected chi connectivity index (χ0v) is 16.4. The van der Waals surface area contributed by atoms with Crippen molar-refractivity contribution in [2.45, 2.75) is 37.4 Å². The first-order valence-corrected chi connectivity index (χ1v) is 9.96. The van der Waals surface area contributed by atoms with Gasteiger partial charge in [-0.05, 0) is 40.9 Å². The van der Waals surface area contributed by atoms with Crippen LogP contribution in [0.2, 0.25) is 5.15 Å². The van der Waals surface area contributed by atoms with E-state index in [9.17, 15) is 4.39 Å². The van der Waals surface area contributed by atoms with Gasteiger partial charge in [0, 0.05) is 12.6 Å². The number of thioether (sulfide) groups is 1. The molecule has 128 valence electrons. The van der Waals surface area contributed by atoms with Crippen LogP contribution in [0.25, 0.3) is 10.9 Å². The SMILES string of the molecule is C=C[C@@H]1CCCCN1c1nc(SCC)nc2c(F)c(Cl)nc(Br)c12. The molecule has 0 aromatic carbocycles. The number of halogens is 3. The summed E-state index contributed by atoms with van der Waals surface area (Å²) in [5.74, 6) is 0.886. The van der Waals surface area contributed by atoms with Crippen LogP contribution >= 0.6 is 39.3 Å². The van der Waals surface area contributed by atoms with Crippen LogP contribution in [0.3, 0.4) is 0 Å². The summed E-state index contributed by atoms with van der Waals surface area (Å²) in [6.07, 6.45) is 5.14. The molecule has 1 saturated heterocycles. The van der Waals surface area contributed by atoms with Crippen molar-refractivity contribution in [3.63, 3.8) is 0 Å². The van der Waals surface area contributed by atoms with Crippen LogP contribution in [-0.4, -0.2) is 33.3 Å². The van der Waals surface area contributed by atoms with E-state index < -0.39 is 5.82 Å². The molecule has 1 aliphatic heterocycles. The van der Waals surface area contributed by atoms with Crippen LogP contribution in [-0.2, 0) is 0 Å². The number of anilines is 1. The summed E-state index contributed by atoms with van der Waals surface area (Å²) >= 11 is 10.8. The molecule has 2 aromatic heterocycles. The third-order valence-electron chi connectivity index (χ3n) is 4.03. The van der Waals surface area contributed by atoms with Gasteiger partial charge in [-0.3, -0.25) is 0 Å². The quantitative estimate of drug-likeness (QED) is 0.287. The van der Waals surface area contributed by atoms with E-state index in [1.807, 2.05) is 13.0 Å². The van der Waals surface area contributed by atoms with E-state index in [0.717, 1.165) is 31.6 Å². The molecule has 0 unspecified atom stereocenters. The molecule has 0 radical (unpaired) electrons. The van der Waals surface area contributed by atoms with E-state index in [1.54, 1.807) is 0 Å². The number of aromatic nitrogens is 3. The molecule has 0 N–H and O–H groups in total. The molecule has 2 aromatic rings. The fraction of sp³-hybridized carbons (Fsp3) is 0.438. The molecular weight excluding hydrogens is 415 g/mol. The minimum atomic E-state index is -0.608. The van der Waals surface area contributed by atoms with E-state index in [-0.39, 0.29) is 16.7 Å². The Morgan fingerprint density at radius 2 is 2.21 bits per heavy atom. The number of fused-ring (bicyclic) bond motifs is 1. The highest BCUT2D eigenvalue weighted by Gasteiger charge is 2.27. The Balaban J connectivity index is 2.28. The van der Waals surface area contributed by atoms with Crippen LogP contribution in [0, 0.1) is 5.82 Å². The minimum Gasteiger partial charge on any atom is -0.349 e. The molecule has 1 aliphatic rings. The summed E-state index contributed by atoms with van der Waals surface area (Å²) < 4.78 is 15.0. The molecule has 4 nitrogen and oxygen atoms in total. The van der Waals surface area contributed by atoms with Gasteiger partial charge < -0.3 is 4.90 Å². The first-order valence-electron chi connectivity index (χ1n) is 7.81. The fourth-order valence-electron chi connectivity index (χ4n) is 2.93. The minimum absolute atomic E-state index is 0.168. The molecule has 8 heteroatoms. The maximum absolute atomic E-state index is 14.6. The Bertz CT molecular complexity index is 788. The molecule has 0 aliphatic carbocycles. The molecule has 0 bridgehead atoms. The summed E-state index contributed by atoms with van der Waals surface area (Å²) in [6, 6.07) is 0.168. The van der Waals surface area contributed by atoms with Crippen molar-refractivity contribution in [2.75, 3.05) is 17.2 Å². The van der Waals surface area contributed by atoms with Gasteiger partial charge in [-0.25, -0.2) is 19.3 Å². The largest absolute Gasteiger partial charge is 0.349 e. The second kappa shape index (κ2) is 7.54. The van der Waals surface area contributed by atoms with Crippen LogP contribution in [0.4, 0.5) is 10.2 Å². The predicted octanol–water partition coefficient (Wildman–Crippen LogP) is 5.24. The summed E-state index contributed by atoms with van der Waals surface area (Å²) in [5, 5.41) is 0.915. The Hall–Kier alpha value is -0.920. The van der Waals surface area contributed by atoms with Crippen molar-refractivity contribution in [3.8, 4) is 0 Å². The summed E-state index contributed by atoms with van der Waals surface area (Å²) in [6.45, 7) is 6.79. The molecule has 0 saturated carbocycles. The smallest absolute Gasteiger partial charge is 0.190 e. The number of piperidine rings is 1. The third kappa shape index (κ3) is 3.26. The summed E-state index contributed by atoms with van der Waals surface area (Å²) in [4.78, 5) is 15.3. The van der Waals surface area contributed by atoms with Crippen molar-refractivity contribution in [3.05, 3.63) is 28.2 Å². The Morgan fingerprint density at radius 3 is 2.92 bits per heavy atom. The van der Waals surface area contributed by atoms with Gasteiger partial charge in [-0.15, -0.1) is 6.58 Å². The summed E-state index contributed by atoms with van der Waals surface area (Å²) in [5.41, 5.74) is 0.205. The van der Waals surface area contributed by atoms with Crippen LogP contribution in [0.5, 0.6) is 0 Å². The lowest BCUT2D eigenvalue weighted by Crippen LogP contribution is -2.39. The number of hydrogen-bond acceptors (Lipinski definition) is 5. The number of rotatable bonds is 4. The summed E-state index contributed by atoms with van der Waals surface area (Å²) in [7, 11) is 0. The maximum Gasteiger partial charge on any atom is 0.190 e. The van der Waals surface area contributed by atoms with Crippen LogP contribution in [0.1, 0.15) is 26.2 Å². The van der Waals surface area contributed by atoms with Gasteiger partial charge in [-0.2, -0.15) is 0 Å². The third-order valence-corrected chi connectivity index (χ3v) is 5.58. The standard InChI is InChI=1S/C16H17BrClFN4S/c1-3-9-7-5-6-8-23(9)15-10-12(20-16(22-15)24-4-2)11(19)14(18)21-13(10)17/h3,9H,1,4-8H2,2H3/t9-/m1/s1. The highest BCUT2D eigenvalue weighted by atomic mass is 79.9. The van der Waals surface area contributed by atoms with E-state index in [2.05, 4.69) is 37.4 Å². The maximum atomic E-state index is 14.6. The average Bonchev–Trinajstić information content (AvgIpc) is 2.59. The Kier molecular flexibility index (Phi) is 5.62. The molecular formula is C16H17BrClFN4S. The number of hydrogen-bond donors (Lipinski definition) is 0. The first kappa shape index (κ1) is 17.9. The van der Waals surface area contributed by atoms with Crippen LogP contribution in [0.15, 0.2) is 22.4 Å². The first-order chi connectivity index (χ1) is 11.6. The monoisotopic (exact) mass is 430 g/mol. The lowest BCUT2D eigenvalue weighted by molar-refractivity contribution is 0.511. The zero-order chi connectivity index (χ0) is 17.3. The van der Waals surface area contributed by atoms with Crippen molar-refractivity contribution in [1.82, 2.24) is 15.0 Å². The molecule has 1 atom stereocenters. The van der Waals surface area contributed by atoms with Crippen molar-refractivity contribution >= 4 is 56.0 Å². The highest BCUT2D eigenvalue weighted by molar-refractivity contribution is 9.10. The van der Waals surface area contributed by atoms with Crippen molar-refractivity contribution in [2.24, 2.45) is 0 Å². The number of pyridine rings is 1. The molecule has 0 amide bonds. The average molecular weight is 432 g/mol. The molecule has 3 rings (SSSR count). The van der Waals surface area contributed by atoms with Gasteiger partial charge in [0.2, 0.25) is 0 Å². The molecule has 1 fully saturated rings. The Labute approximate surface area is 158 Å². The second-order valence-corrected chi connectivity index (χ2v) is 7.83. The molecule has 3 heterocycles. The van der Waals surface area contributed by atoms with Gasteiger partial charge >= 0.3 is 0 Å². The highest BCUT2D eigenvalue weighted by Crippen LogP contribution is 2.37. The van der Waals surface area contributed by atoms with Crippen molar-refractivity contribution in [1.29, 1.82) is 0 Å². The van der Waals surface area contributed by atoms with Crippen LogP contribution < -0.4 is 4.90 Å². The van der Waals surface area contributed by atoms with Gasteiger partial charge in [0.15, 0.2) is 16.1 Å². The van der Waals surface area contributed by atoms with Gasteiger partial charge in [0.25, 0.3) is 0 Å². The van der Waals surface area contributed by atoms with E-state index in [0.29, 0.717) is 21.0 Å². The van der Waals surface area contributed by atoms with E-state index >= 15 is 0 Å². The van der Waals surface area contributed by atoms with Gasteiger partial charge in [0.05, 0.1) is 5.39 Å². The lowest BCUT2D eigenvalue weighted by Gasteiger charge is -2.35. The van der Waals surface area contributed by atoms with Gasteiger partial charge in [-0.1, -0.05) is 36.4 Å².